The van der Waals surface area contributed by atoms with Crippen LogP contribution in [0.2, 0.25) is 0 Å². The highest BCUT2D eigenvalue weighted by Gasteiger charge is 2.29. The van der Waals surface area contributed by atoms with Gasteiger partial charge in [-0.1, -0.05) is 6.92 Å². The van der Waals surface area contributed by atoms with E-state index in [1.165, 1.54) is 16.3 Å². The van der Waals surface area contributed by atoms with Gasteiger partial charge in [-0.05, 0) is 27.2 Å². The Kier molecular flexibility index (Phi) is 5.85. The molecule has 1 aromatic heterocycles. The highest BCUT2D eigenvalue weighted by atomic mass is 32.2. The molecule has 120 valence electrons. The maximum atomic E-state index is 12.3. The second kappa shape index (κ2) is 6.99. The van der Waals surface area contributed by atoms with Gasteiger partial charge in [0.2, 0.25) is 0 Å². The van der Waals surface area contributed by atoms with Crippen molar-refractivity contribution < 1.29 is 13.2 Å². The molecule has 21 heavy (non-hydrogen) atoms. The van der Waals surface area contributed by atoms with Gasteiger partial charge >= 0.3 is 6.03 Å². The Balaban J connectivity index is 3.06. The first-order valence-corrected chi connectivity index (χ1v) is 8.42. The molecular formula is C12H23N5O3S. The molecule has 0 saturated carbocycles. The maximum absolute atomic E-state index is 12.3. The van der Waals surface area contributed by atoms with Crippen LogP contribution in [0, 0.1) is 0 Å². The van der Waals surface area contributed by atoms with Gasteiger partial charge in [0.05, 0.1) is 0 Å². The zero-order chi connectivity index (χ0) is 16.2. The molecule has 0 saturated heterocycles. The minimum Gasteiger partial charge on any atom is -0.323 e. The Bertz CT molecular complexity index is 579. The summed E-state index contributed by atoms with van der Waals surface area (Å²) in [4.78, 5) is 17.4. The molecular weight excluding hydrogens is 294 g/mol. The van der Waals surface area contributed by atoms with Gasteiger partial charge < -0.3 is 4.90 Å². The van der Waals surface area contributed by atoms with Crippen molar-refractivity contribution in [1.29, 1.82) is 0 Å². The molecule has 0 aliphatic carbocycles. The van der Waals surface area contributed by atoms with Crippen LogP contribution in [0.5, 0.6) is 0 Å². The minimum absolute atomic E-state index is 0.166. The molecule has 1 amide bonds. The first kappa shape index (κ1) is 17.6. The van der Waals surface area contributed by atoms with E-state index < -0.39 is 10.0 Å². The van der Waals surface area contributed by atoms with E-state index in [0.717, 1.165) is 11.0 Å². The Morgan fingerprint density at radius 3 is 2.38 bits per heavy atom. The fourth-order valence-corrected chi connectivity index (χ4v) is 2.97. The van der Waals surface area contributed by atoms with Gasteiger partial charge in [-0.3, -0.25) is 0 Å². The van der Waals surface area contributed by atoms with Crippen LogP contribution >= 0.6 is 0 Å². The monoisotopic (exact) mass is 317 g/mol. The van der Waals surface area contributed by atoms with Gasteiger partial charge in [-0.2, -0.15) is 8.99 Å². The molecule has 0 radical (unpaired) electrons. The lowest BCUT2D eigenvalue weighted by Gasteiger charge is -2.21. The lowest BCUT2D eigenvalue weighted by atomic mass is 10.3. The maximum Gasteiger partial charge on any atom is 0.346 e. The van der Waals surface area contributed by atoms with Crippen LogP contribution in [0.3, 0.4) is 0 Å². The molecule has 1 atom stereocenters. The fraction of sp³-hybridized carbons (Fsp3) is 0.750. The average Bonchev–Trinajstić information content (AvgIpc) is 2.97. The second-order valence-electron chi connectivity index (χ2n) is 4.71. The summed E-state index contributed by atoms with van der Waals surface area (Å²) in [5.41, 5.74) is 0. The number of hydrogen-bond donors (Lipinski definition) is 0. The minimum atomic E-state index is -3.78. The van der Waals surface area contributed by atoms with Crippen LogP contribution < -0.4 is 0 Å². The number of carbonyl (C=O) groups excluding carboxylic acids is 1. The molecule has 0 N–H and O–H groups in total. The van der Waals surface area contributed by atoms with E-state index in [1.807, 2.05) is 20.8 Å². The third kappa shape index (κ3) is 3.59. The smallest absolute Gasteiger partial charge is 0.323 e. The summed E-state index contributed by atoms with van der Waals surface area (Å²) in [7, 11) is -2.30. The van der Waals surface area contributed by atoms with Crippen molar-refractivity contribution in [2.24, 2.45) is 0 Å². The van der Waals surface area contributed by atoms with Gasteiger partial charge in [0.15, 0.2) is 0 Å². The number of nitrogens with zero attached hydrogens (tertiary/aromatic N) is 5. The average molecular weight is 317 g/mol. The molecule has 1 heterocycles. The Labute approximate surface area is 125 Å². The molecule has 0 aliphatic heterocycles. The van der Waals surface area contributed by atoms with E-state index in [1.54, 1.807) is 6.92 Å². The van der Waals surface area contributed by atoms with E-state index >= 15 is 0 Å². The number of aromatic nitrogens is 3. The molecule has 9 heteroatoms. The van der Waals surface area contributed by atoms with Gasteiger partial charge in [0.1, 0.15) is 6.33 Å². The quantitative estimate of drug-likeness (QED) is 0.781. The van der Waals surface area contributed by atoms with E-state index in [2.05, 4.69) is 10.1 Å². The van der Waals surface area contributed by atoms with Crippen molar-refractivity contribution >= 4 is 16.1 Å². The zero-order valence-electron chi connectivity index (χ0n) is 13.1. The summed E-state index contributed by atoms with van der Waals surface area (Å²) in [5.74, 6) is 0. The van der Waals surface area contributed by atoms with Crippen LogP contribution in [0.4, 0.5) is 4.79 Å². The third-order valence-corrected chi connectivity index (χ3v) is 5.29. The topological polar surface area (TPSA) is 88.4 Å². The van der Waals surface area contributed by atoms with E-state index in [0.29, 0.717) is 19.5 Å². The molecule has 1 aromatic rings. The van der Waals surface area contributed by atoms with E-state index in [4.69, 9.17) is 0 Å². The zero-order valence-corrected chi connectivity index (χ0v) is 14.0. The van der Waals surface area contributed by atoms with Crippen molar-refractivity contribution in [2.75, 3.05) is 20.1 Å². The summed E-state index contributed by atoms with van der Waals surface area (Å²) in [6.07, 6.45) is 1.81. The highest BCUT2D eigenvalue weighted by molar-refractivity contribution is 7.88. The van der Waals surface area contributed by atoms with Crippen molar-refractivity contribution in [3.8, 4) is 0 Å². The standard InChI is InChI=1S/C12H23N5O3S/c1-6-10(4)15(5)21(19,20)11-13-9-17(14-11)12(18)16(7-2)8-3/h9-10H,6-8H2,1-5H3. The third-order valence-electron chi connectivity index (χ3n) is 3.52. The Hall–Kier alpha value is -1.48. The molecule has 0 aromatic carbocycles. The van der Waals surface area contributed by atoms with Gasteiger partial charge in [-0.25, -0.2) is 18.2 Å². The molecule has 1 rings (SSSR count). The van der Waals surface area contributed by atoms with E-state index in [9.17, 15) is 13.2 Å². The Morgan fingerprint density at radius 1 is 1.33 bits per heavy atom. The van der Waals surface area contributed by atoms with Gasteiger partial charge in [0.25, 0.3) is 15.2 Å². The Morgan fingerprint density at radius 2 is 1.90 bits per heavy atom. The number of rotatable bonds is 6. The van der Waals surface area contributed by atoms with Gasteiger partial charge in [-0.15, -0.1) is 5.10 Å². The summed E-state index contributed by atoms with van der Waals surface area (Å²) in [5, 5.41) is 3.47. The van der Waals surface area contributed by atoms with Crippen LogP contribution in [0.1, 0.15) is 34.1 Å². The number of amides is 1. The molecule has 8 nitrogen and oxygen atoms in total. The first-order chi connectivity index (χ1) is 9.79. The van der Waals surface area contributed by atoms with Crippen LogP contribution in [0.15, 0.2) is 11.5 Å². The molecule has 0 spiro atoms. The van der Waals surface area contributed by atoms with Crippen molar-refractivity contribution in [3.63, 3.8) is 0 Å². The summed E-state index contributed by atoms with van der Waals surface area (Å²) in [6, 6.07) is -0.555. The van der Waals surface area contributed by atoms with Gasteiger partial charge in [0, 0.05) is 26.2 Å². The van der Waals surface area contributed by atoms with Crippen molar-refractivity contribution in [3.05, 3.63) is 6.33 Å². The SMILES string of the molecule is CCC(C)N(C)S(=O)(=O)c1ncn(C(=O)N(CC)CC)n1. The summed E-state index contributed by atoms with van der Waals surface area (Å²) < 4.78 is 26.9. The summed E-state index contributed by atoms with van der Waals surface area (Å²) in [6.45, 7) is 8.41. The highest BCUT2D eigenvalue weighted by Crippen LogP contribution is 2.13. The van der Waals surface area contributed by atoms with Crippen LogP contribution in [-0.4, -0.2) is 64.6 Å². The lowest BCUT2D eigenvalue weighted by Crippen LogP contribution is -2.36. The first-order valence-electron chi connectivity index (χ1n) is 6.98. The largest absolute Gasteiger partial charge is 0.346 e. The lowest BCUT2D eigenvalue weighted by molar-refractivity contribution is 0.201. The second-order valence-corrected chi connectivity index (χ2v) is 6.60. The van der Waals surface area contributed by atoms with Crippen LogP contribution in [-0.2, 0) is 10.0 Å². The fourth-order valence-electron chi connectivity index (χ4n) is 1.72. The molecule has 0 fully saturated rings. The number of carbonyl (C=O) groups is 1. The number of sulfonamides is 1. The van der Waals surface area contributed by atoms with Crippen molar-refractivity contribution in [2.45, 2.75) is 45.3 Å². The molecule has 0 bridgehead atoms. The van der Waals surface area contributed by atoms with E-state index in [-0.39, 0.29) is 17.2 Å². The molecule has 1 unspecified atom stereocenters. The normalized spacial score (nSPS) is 13.4. The predicted octanol–water partition coefficient (Wildman–Crippen LogP) is 1.01. The molecule has 0 aliphatic rings. The number of hydrogen-bond acceptors (Lipinski definition) is 5. The van der Waals surface area contributed by atoms with Crippen LogP contribution in [0.25, 0.3) is 0 Å². The predicted molar refractivity (Wildman–Crippen MR) is 78.4 cm³/mol. The van der Waals surface area contributed by atoms with Crippen molar-refractivity contribution in [1.82, 2.24) is 24.0 Å². The summed E-state index contributed by atoms with van der Waals surface area (Å²) >= 11 is 0.